The minimum atomic E-state index is -1.27. The van der Waals surface area contributed by atoms with Crippen molar-refractivity contribution in [3.63, 3.8) is 0 Å². The van der Waals surface area contributed by atoms with E-state index in [0.717, 1.165) is 18.2 Å². The van der Waals surface area contributed by atoms with Crippen molar-refractivity contribution in [3.05, 3.63) is 135 Å². The maximum absolute atomic E-state index is 14.2. The van der Waals surface area contributed by atoms with Crippen molar-refractivity contribution >= 4 is 53.1 Å². The quantitative estimate of drug-likeness (QED) is 0.0347. The second kappa shape index (κ2) is 25.2. The molecule has 4 aromatic carbocycles. The third-order valence-corrected chi connectivity index (χ3v) is 10.5. The summed E-state index contributed by atoms with van der Waals surface area (Å²) < 4.78 is 47.4. The Morgan fingerprint density at radius 1 is 0.738 bits per heavy atom. The molecule has 0 saturated heterocycles. The van der Waals surface area contributed by atoms with Crippen LogP contribution in [0.2, 0.25) is 10.0 Å². The molecule has 1 heterocycles. The van der Waals surface area contributed by atoms with Crippen LogP contribution in [0.3, 0.4) is 0 Å². The van der Waals surface area contributed by atoms with Gasteiger partial charge in [-0.2, -0.15) is 0 Å². The normalized spacial score (nSPS) is 12.6. The van der Waals surface area contributed by atoms with E-state index in [1.54, 1.807) is 55.5 Å². The van der Waals surface area contributed by atoms with Gasteiger partial charge in [0, 0.05) is 39.7 Å². The van der Waals surface area contributed by atoms with Gasteiger partial charge < -0.3 is 40.2 Å². The topological polar surface area (TPSA) is 209 Å². The van der Waals surface area contributed by atoms with Crippen molar-refractivity contribution in [3.8, 4) is 22.3 Å². The van der Waals surface area contributed by atoms with Gasteiger partial charge in [-0.15, -0.1) is 0 Å². The fourth-order valence-electron chi connectivity index (χ4n) is 6.73. The molecule has 18 heteroatoms. The molecular weight excluding hydrogens is 889 g/mol. The van der Waals surface area contributed by atoms with E-state index >= 15 is 0 Å². The molecule has 0 bridgehead atoms. The molecule has 1 aromatic heterocycles. The number of carboxylic acid groups (broad SMARTS) is 1. The first-order valence-corrected chi connectivity index (χ1v) is 21.2. The van der Waals surface area contributed by atoms with Crippen molar-refractivity contribution in [1.29, 1.82) is 0 Å². The molecule has 65 heavy (non-hydrogen) atoms. The van der Waals surface area contributed by atoms with Crippen LogP contribution in [-0.2, 0) is 43.1 Å². The van der Waals surface area contributed by atoms with Crippen LogP contribution in [0.25, 0.3) is 22.3 Å². The van der Waals surface area contributed by atoms with Gasteiger partial charge in [-0.1, -0.05) is 83.8 Å². The Kier molecular flexibility index (Phi) is 19.9. The Morgan fingerprint density at radius 3 is 1.71 bits per heavy atom. The highest BCUT2D eigenvalue weighted by Gasteiger charge is 2.28. The number of ketones is 1. The summed E-state index contributed by atoms with van der Waals surface area (Å²) >= 11 is 11.9. The van der Waals surface area contributed by atoms with Gasteiger partial charge in [-0.05, 0) is 104 Å². The molecular formula is C47H50Cl2F2N4O10. The Labute approximate surface area is 384 Å². The number of aliphatic carboxylic acids is 1. The molecule has 0 saturated carbocycles. The minimum Gasteiger partial charge on any atom is -0.480 e. The number of methoxy groups -OCH3 is 2. The number of carboxylic acids is 1. The molecule has 4 atom stereocenters. The van der Waals surface area contributed by atoms with Crippen LogP contribution < -0.4 is 16.4 Å². The predicted octanol–water partition coefficient (Wildman–Crippen LogP) is 9.02. The lowest BCUT2D eigenvalue weighted by molar-refractivity contribution is -0.145. The summed E-state index contributed by atoms with van der Waals surface area (Å²) in [5.74, 6) is -3.29. The fraction of sp³-hybridized carbons (Fsp3) is 0.319. The number of benzene rings is 4. The number of rotatable bonds is 19. The summed E-state index contributed by atoms with van der Waals surface area (Å²) in [7, 11) is 2.34. The second-order valence-corrected chi connectivity index (χ2v) is 15.7. The van der Waals surface area contributed by atoms with Crippen LogP contribution in [-0.4, -0.2) is 79.1 Å². The number of alkyl carbamates (subject to hydrolysis) is 2. The number of halogens is 4. The molecule has 5 N–H and O–H groups in total. The molecule has 0 fully saturated rings. The van der Waals surface area contributed by atoms with E-state index in [1.807, 2.05) is 19.1 Å². The second-order valence-electron chi connectivity index (χ2n) is 14.8. The minimum absolute atomic E-state index is 0.0321. The molecule has 0 unspecified atom stereocenters. The number of carbonyl (C=O) groups is 5. The van der Waals surface area contributed by atoms with Crippen molar-refractivity contribution in [2.24, 2.45) is 11.7 Å². The number of Topliss-reactive ketones (excluding diaryl/α,β-unsaturated/α-hetero) is 1. The molecule has 346 valence electrons. The van der Waals surface area contributed by atoms with Gasteiger partial charge in [0.15, 0.2) is 0 Å². The van der Waals surface area contributed by atoms with Crippen LogP contribution >= 0.6 is 23.2 Å². The van der Waals surface area contributed by atoms with E-state index in [1.165, 1.54) is 37.4 Å². The molecule has 5 rings (SSSR count). The molecule has 5 aromatic rings. The van der Waals surface area contributed by atoms with Crippen LogP contribution in [0.5, 0.6) is 0 Å². The molecule has 2 amide bonds. The maximum atomic E-state index is 14.2. The average molecular weight is 940 g/mol. The molecule has 0 aliphatic heterocycles. The number of carbonyl (C=O) groups excluding carboxylic acids is 4. The molecule has 0 spiro atoms. The summed E-state index contributed by atoms with van der Waals surface area (Å²) in [6, 6.07) is 21.9. The van der Waals surface area contributed by atoms with E-state index in [0.29, 0.717) is 57.3 Å². The number of aryl methyl sites for hydroxylation is 1. The van der Waals surface area contributed by atoms with Crippen molar-refractivity contribution in [1.82, 2.24) is 15.8 Å². The van der Waals surface area contributed by atoms with Crippen molar-refractivity contribution in [2.45, 2.75) is 70.5 Å². The average Bonchev–Trinajstić information content (AvgIpc) is 3.78. The van der Waals surface area contributed by atoms with E-state index < -0.39 is 54.0 Å². The van der Waals surface area contributed by atoms with Crippen LogP contribution in [0.4, 0.5) is 18.4 Å². The van der Waals surface area contributed by atoms with E-state index in [-0.39, 0.29) is 43.2 Å². The molecule has 0 radical (unpaired) electrons. The first kappa shape index (κ1) is 51.3. The zero-order valence-corrected chi connectivity index (χ0v) is 37.6. The molecule has 0 aliphatic carbocycles. The zero-order chi connectivity index (χ0) is 47.6. The van der Waals surface area contributed by atoms with Crippen LogP contribution in [0.15, 0.2) is 95.5 Å². The van der Waals surface area contributed by atoms with Gasteiger partial charge in [-0.25, -0.2) is 28.0 Å². The Balaban J connectivity index is 0.000000292. The summed E-state index contributed by atoms with van der Waals surface area (Å²) in [5.41, 5.74) is 10.6. The lowest BCUT2D eigenvalue weighted by Gasteiger charge is -2.21. The lowest BCUT2D eigenvalue weighted by Crippen LogP contribution is -2.45. The number of nitrogens with zero attached hydrogens (tertiary/aromatic N) is 1. The van der Waals surface area contributed by atoms with E-state index in [2.05, 4.69) is 25.3 Å². The first-order valence-electron chi connectivity index (χ1n) is 20.4. The summed E-state index contributed by atoms with van der Waals surface area (Å²) in [4.78, 5) is 59.8. The SMILES string of the molecule is CCOC(=O)[C@@H](C[C@H](N)Cc1ccc(-c2cc(Cl)ccc2F)cc1)NC(=O)OC.CCc1cc(C(=O)C[C@H](Cc2ccc(-c3cc(Cl)ccc3F)cc2)C[C@@H](NC(=O)OC)C(=O)O)on1. The predicted molar refractivity (Wildman–Crippen MR) is 240 cm³/mol. The number of amides is 2. The fourth-order valence-corrected chi connectivity index (χ4v) is 7.07. The third kappa shape index (κ3) is 16.0. The number of ether oxygens (including phenoxy) is 3. The van der Waals surface area contributed by atoms with Gasteiger partial charge in [0.25, 0.3) is 0 Å². The molecule has 0 aliphatic rings. The number of aromatic nitrogens is 1. The van der Waals surface area contributed by atoms with Crippen LogP contribution in [0, 0.1) is 17.6 Å². The highest BCUT2D eigenvalue weighted by atomic mass is 35.5. The van der Waals surface area contributed by atoms with Crippen molar-refractivity contribution in [2.75, 3.05) is 20.8 Å². The smallest absolute Gasteiger partial charge is 0.407 e. The third-order valence-electron chi connectivity index (χ3n) is 10.0. The van der Waals surface area contributed by atoms with E-state index in [4.69, 9.17) is 38.2 Å². The number of hydrogen-bond donors (Lipinski definition) is 4. The van der Waals surface area contributed by atoms with Gasteiger partial charge >= 0.3 is 24.1 Å². The van der Waals surface area contributed by atoms with Gasteiger partial charge in [0.1, 0.15) is 23.7 Å². The van der Waals surface area contributed by atoms with Gasteiger partial charge in [-0.3, -0.25) is 4.79 Å². The largest absolute Gasteiger partial charge is 0.480 e. The number of esters is 1. The first-order chi connectivity index (χ1) is 31.0. The zero-order valence-electron chi connectivity index (χ0n) is 36.1. The van der Waals surface area contributed by atoms with Crippen molar-refractivity contribution < 1.29 is 56.6 Å². The summed E-state index contributed by atoms with van der Waals surface area (Å²) in [6.07, 6.45) is -0.123. The number of nitrogens with one attached hydrogen (secondary N) is 2. The maximum Gasteiger partial charge on any atom is 0.407 e. The molecule has 14 nitrogen and oxygen atoms in total. The standard InChI is InChI=1S/C26H26ClFN2O6.C21H24ClFN2O4/c1-3-19-14-24(36-30-19)23(31)12-16(11-22(25(32)33)29-26(34)35-2)10-15-4-6-17(7-5-15)20-13-18(27)8-9-21(20)28;1-3-29-20(26)19(25-21(27)28-2)12-16(24)10-13-4-6-14(7-5-13)17-11-15(22)8-9-18(17)23/h4-9,13-14,16,22H,3,10-12H2,1-2H3,(H,29,34)(H,32,33);4-9,11,16,19H,3,10,12,24H2,1-2H3,(H,25,27)/t16-,22-;16-,19-/m11/s1. The Morgan fingerprint density at radius 2 is 1.25 bits per heavy atom. The number of hydrogen-bond acceptors (Lipinski definition) is 11. The lowest BCUT2D eigenvalue weighted by atomic mass is 9.87. The highest BCUT2D eigenvalue weighted by molar-refractivity contribution is 6.31. The van der Waals surface area contributed by atoms with E-state index in [9.17, 15) is 37.9 Å². The monoisotopic (exact) mass is 938 g/mol. The van der Waals surface area contributed by atoms with Gasteiger partial charge in [0.05, 0.1) is 26.5 Å². The Bertz CT molecular complexity index is 2400. The van der Waals surface area contributed by atoms with Gasteiger partial charge in [0.2, 0.25) is 11.5 Å². The number of nitrogens with two attached hydrogens (primary N) is 1. The summed E-state index contributed by atoms with van der Waals surface area (Å²) in [6.45, 7) is 3.75. The summed E-state index contributed by atoms with van der Waals surface area (Å²) in [5, 5.41) is 19.0. The Hall–Kier alpha value is -6.36. The highest BCUT2D eigenvalue weighted by Crippen LogP contribution is 2.29. The van der Waals surface area contributed by atoms with Crippen LogP contribution in [0.1, 0.15) is 60.5 Å².